The van der Waals surface area contributed by atoms with Crippen molar-refractivity contribution < 1.29 is 19.5 Å². The van der Waals surface area contributed by atoms with Gasteiger partial charge in [0.25, 0.3) is 0 Å². The molecular formula is C17H14O4. The number of ketones is 2. The molecule has 0 saturated carbocycles. The van der Waals surface area contributed by atoms with E-state index < -0.39 is 17.7 Å². The molecule has 0 radical (unpaired) electrons. The maximum atomic E-state index is 12.5. The molecule has 0 saturated heterocycles. The van der Waals surface area contributed by atoms with E-state index in [9.17, 15) is 19.5 Å². The van der Waals surface area contributed by atoms with Gasteiger partial charge in [0.2, 0.25) is 0 Å². The molecule has 0 spiro atoms. The molecule has 0 amide bonds. The number of hydrogen-bond acceptors (Lipinski definition) is 3. The highest BCUT2D eigenvalue weighted by molar-refractivity contribution is 6.15. The molecule has 1 atom stereocenters. The van der Waals surface area contributed by atoms with Gasteiger partial charge in [0.05, 0.1) is 5.56 Å². The summed E-state index contributed by atoms with van der Waals surface area (Å²) in [5, 5.41) is 9.23. The molecule has 2 rings (SSSR count). The maximum Gasteiger partial charge on any atom is 0.336 e. The highest BCUT2D eigenvalue weighted by Gasteiger charge is 2.29. The quantitative estimate of drug-likeness (QED) is 0.676. The van der Waals surface area contributed by atoms with E-state index in [1.807, 2.05) is 0 Å². The summed E-state index contributed by atoms with van der Waals surface area (Å²) < 4.78 is 0. The third-order valence-electron chi connectivity index (χ3n) is 3.23. The minimum absolute atomic E-state index is 0.0259. The van der Waals surface area contributed by atoms with Crippen molar-refractivity contribution in [2.45, 2.75) is 12.8 Å². The van der Waals surface area contributed by atoms with Crippen LogP contribution in [0.1, 0.15) is 39.1 Å². The largest absolute Gasteiger partial charge is 0.478 e. The number of carboxylic acid groups (broad SMARTS) is 1. The van der Waals surface area contributed by atoms with Gasteiger partial charge in [0, 0.05) is 5.56 Å². The van der Waals surface area contributed by atoms with Crippen LogP contribution in [0.15, 0.2) is 54.6 Å². The number of carbonyl (C=O) groups is 3. The van der Waals surface area contributed by atoms with Crippen molar-refractivity contribution >= 4 is 17.5 Å². The normalized spacial score (nSPS) is 11.7. The molecule has 0 aliphatic heterocycles. The van der Waals surface area contributed by atoms with Crippen LogP contribution in [0.3, 0.4) is 0 Å². The van der Waals surface area contributed by atoms with Crippen LogP contribution in [0, 0.1) is 0 Å². The van der Waals surface area contributed by atoms with Crippen molar-refractivity contribution in [3.8, 4) is 0 Å². The van der Waals surface area contributed by atoms with Crippen molar-refractivity contribution in [2.24, 2.45) is 0 Å². The maximum absolute atomic E-state index is 12.5. The second-order valence-electron chi connectivity index (χ2n) is 4.67. The van der Waals surface area contributed by atoms with Crippen molar-refractivity contribution in [3.05, 3.63) is 71.3 Å². The van der Waals surface area contributed by atoms with Gasteiger partial charge in [0.15, 0.2) is 5.78 Å². The number of benzene rings is 2. The monoisotopic (exact) mass is 282 g/mol. The second kappa shape index (κ2) is 6.13. The molecular weight excluding hydrogens is 268 g/mol. The Labute approximate surface area is 122 Å². The fourth-order valence-corrected chi connectivity index (χ4v) is 2.26. The summed E-state index contributed by atoms with van der Waals surface area (Å²) in [5.41, 5.74) is 0.589. The number of Topliss-reactive ketones (excluding diaryl/α,β-unsaturated/α-hetero) is 2. The minimum atomic E-state index is -1.15. The molecule has 21 heavy (non-hydrogen) atoms. The van der Waals surface area contributed by atoms with Crippen LogP contribution >= 0.6 is 0 Å². The van der Waals surface area contributed by atoms with E-state index in [2.05, 4.69) is 0 Å². The third kappa shape index (κ3) is 3.05. The topological polar surface area (TPSA) is 71.4 Å². The van der Waals surface area contributed by atoms with Crippen LogP contribution in [0.4, 0.5) is 0 Å². The van der Waals surface area contributed by atoms with Gasteiger partial charge < -0.3 is 5.11 Å². The molecule has 0 fully saturated rings. The molecule has 4 nitrogen and oxygen atoms in total. The van der Waals surface area contributed by atoms with Crippen molar-refractivity contribution in [1.82, 2.24) is 0 Å². The van der Waals surface area contributed by atoms with Gasteiger partial charge in [-0.1, -0.05) is 48.5 Å². The molecule has 0 heterocycles. The summed E-state index contributed by atoms with van der Waals surface area (Å²) in [7, 11) is 0. The summed E-state index contributed by atoms with van der Waals surface area (Å²) in [6, 6.07) is 14.5. The Morgan fingerprint density at radius 1 is 0.905 bits per heavy atom. The van der Waals surface area contributed by atoms with Gasteiger partial charge in [-0.15, -0.1) is 0 Å². The molecule has 0 aromatic heterocycles. The van der Waals surface area contributed by atoms with E-state index in [0.29, 0.717) is 5.56 Å². The predicted octanol–water partition coefficient (Wildman–Crippen LogP) is 2.94. The zero-order chi connectivity index (χ0) is 15.4. The Bertz CT molecular complexity index is 689. The molecule has 1 N–H and O–H groups in total. The van der Waals surface area contributed by atoms with E-state index in [-0.39, 0.29) is 16.9 Å². The van der Waals surface area contributed by atoms with Crippen molar-refractivity contribution in [2.75, 3.05) is 0 Å². The summed E-state index contributed by atoms with van der Waals surface area (Å²) in [6.45, 7) is 1.30. The molecule has 0 aliphatic carbocycles. The molecule has 2 aromatic carbocycles. The Morgan fingerprint density at radius 3 is 2.05 bits per heavy atom. The van der Waals surface area contributed by atoms with Crippen LogP contribution in [0.5, 0.6) is 0 Å². The van der Waals surface area contributed by atoms with Crippen LogP contribution in [0.25, 0.3) is 0 Å². The fourth-order valence-electron chi connectivity index (χ4n) is 2.26. The summed E-state index contributed by atoms with van der Waals surface area (Å²) >= 11 is 0. The number of rotatable bonds is 5. The van der Waals surface area contributed by atoms with Crippen LogP contribution in [-0.2, 0) is 4.79 Å². The zero-order valence-electron chi connectivity index (χ0n) is 11.4. The molecule has 0 aliphatic rings. The zero-order valence-corrected chi connectivity index (χ0v) is 11.4. The van der Waals surface area contributed by atoms with Gasteiger partial charge in [0.1, 0.15) is 11.7 Å². The average Bonchev–Trinajstić information content (AvgIpc) is 2.48. The number of carbonyl (C=O) groups excluding carboxylic acids is 2. The highest BCUT2D eigenvalue weighted by atomic mass is 16.4. The van der Waals surface area contributed by atoms with E-state index in [1.54, 1.807) is 42.5 Å². The van der Waals surface area contributed by atoms with Gasteiger partial charge in [-0.05, 0) is 18.6 Å². The Hall–Kier alpha value is -2.75. The minimum Gasteiger partial charge on any atom is -0.478 e. The van der Waals surface area contributed by atoms with E-state index in [4.69, 9.17) is 0 Å². The first-order chi connectivity index (χ1) is 10.0. The lowest BCUT2D eigenvalue weighted by Gasteiger charge is -2.15. The van der Waals surface area contributed by atoms with Crippen LogP contribution in [0.2, 0.25) is 0 Å². The van der Waals surface area contributed by atoms with Crippen LogP contribution < -0.4 is 0 Å². The summed E-state index contributed by atoms with van der Waals surface area (Å²) in [6.07, 6.45) is 0. The lowest BCUT2D eigenvalue weighted by Crippen LogP contribution is -2.22. The van der Waals surface area contributed by atoms with Gasteiger partial charge >= 0.3 is 5.97 Å². The van der Waals surface area contributed by atoms with Gasteiger partial charge in [-0.3, -0.25) is 9.59 Å². The number of aromatic carboxylic acids is 1. The first-order valence-corrected chi connectivity index (χ1v) is 6.44. The molecule has 106 valence electrons. The number of carboxylic acids is 1. The molecule has 0 bridgehead atoms. The molecule has 1 unspecified atom stereocenters. The van der Waals surface area contributed by atoms with Gasteiger partial charge in [-0.25, -0.2) is 4.79 Å². The first-order valence-electron chi connectivity index (χ1n) is 6.44. The second-order valence-corrected chi connectivity index (χ2v) is 4.67. The van der Waals surface area contributed by atoms with Gasteiger partial charge in [-0.2, -0.15) is 0 Å². The average molecular weight is 282 g/mol. The van der Waals surface area contributed by atoms with E-state index >= 15 is 0 Å². The Balaban J connectivity index is 2.53. The van der Waals surface area contributed by atoms with Crippen molar-refractivity contribution in [1.29, 1.82) is 0 Å². The SMILES string of the molecule is CC(=O)C(C(=O)c1ccccc1)c1ccccc1C(=O)O. The fraction of sp³-hybridized carbons (Fsp3) is 0.118. The van der Waals surface area contributed by atoms with Crippen LogP contribution in [-0.4, -0.2) is 22.6 Å². The number of hydrogen-bond donors (Lipinski definition) is 1. The Kier molecular flexibility index (Phi) is 4.28. The lowest BCUT2D eigenvalue weighted by atomic mass is 9.85. The first kappa shape index (κ1) is 14.7. The predicted molar refractivity (Wildman–Crippen MR) is 77.6 cm³/mol. The lowest BCUT2D eigenvalue weighted by molar-refractivity contribution is -0.117. The summed E-state index contributed by atoms with van der Waals surface area (Å²) in [5.74, 6) is -3.02. The van der Waals surface area contributed by atoms with E-state index in [1.165, 1.54) is 19.1 Å². The third-order valence-corrected chi connectivity index (χ3v) is 3.23. The highest BCUT2D eigenvalue weighted by Crippen LogP contribution is 2.25. The molecule has 2 aromatic rings. The van der Waals surface area contributed by atoms with Crippen molar-refractivity contribution in [3.63, 3.8) is 0 Å². The Morgan fingerprint density at radius 2 is 1.48 bits per heavy atom. The van der Waals surface area contributed by atoms with E-state index in [0.717, 1.165) is 0 Å². The molecule has 4 heteroatoms. The standard InChI is InChI=1S/C17H14O4/c1-11(18)15(16(19)12-7-3-2-4-8-12)13-9-5-6-10-14(13)17(20)21/h2-10,15H,1H3,(H,20,21). The summed E-state index contributed by atoms with van der Waals surface area (Å²) in [4.78, 5) is 35.8. The smallest absolute Gasteiger partial charge is 0.336 e.